The lowest BCUT2D eigenvalue weighted by atomic mass is 10.1. The van der Waals surface area contributed by atoms with Gasteiger partial charge in [0.1, 0.15) is 5.76 Å². The molecule has 1 aromatic carbocycles. The van der Waals surface area contributed by atoms with Gasteiger partial charge in [0, 0.05) is 24.1 Å². The van der Waals surface area contributed by atoms with E-state index in [2.05, 4.69) is 16.0 Å². The second-order valence-electron chi connectivity index (χ2n) is 7.24. The first kappa shape index (κ1) is 19.0. The summed E-state index contributed by atoms with van der Waals surface area (Å²) in [6, 6.07) is 11.1. The first-order chi connectivity index (χ1) is 13.0. The van der Waals surface area contributed by atoms with Crippen LogP contribution in [0.1, 0.15) is 50.5 Å². The summed E-state index contributed by atoms with van der Waals surface area (Å²) in [6.45, 7) is 3.91. The van der Waals surface area contributed by atoms with E-state index in [1.165, 1.54) is 0 Å². The lowest BCUT2D eigenvalue weighted by molar-refractivity contribution is -0.117. The molecule has 144 valence electrons. The number of carbonyl (C=O) groups is 2. The highest BCUT2D eigenvalue weighted by Crippen LogP contribution is 2.30. The first-order valence-corrected chi connectivity index (χ1v) is 9.51. The molecule has 1 aliphatic rings. The molecule has 1 saturated carbocycles. The fraction of sp³-hybridized carbons (Fsp3) is 0.429. The molecular weight excluding hydrogens is 342 g/mol. The summed E-state index contributed by atoms with van der Waals surface area (Å²) in [5, 5.41) is 8.82. The molecule has 0 unspecified atom stereocenters. The Morgan fingerprint density at radius 3 is 2.48 bits per heavy atom. The zero-order valence-electron chi connectivity index (χ0n) is 15.8. The highest BCUT2D eigenvalue weighted by atomic mass is 16.3. The minimum atomic E-state index is -0.194. The summed E-state index contributed by atoms with van der Waals surface area (Å²) in [6.07, 6.45) is 5.23. The summed E-state index contributed by atoms with van der Waals surface area (Å²) in [7, 11) is 0. The van der Waals surface area contributed by atoms with Crippen LogP contribution in [0.5, 0.6) is 0 Å². The van der Waals surface area contributed by atoms with Crippen molar-refractivity contribution in [2.24, 2.45) is 5.92 Å². The van der Waals surface area contributed by atoms with Crippen LogP contribution in [0.3, 0.4) is 0 Å². The fourth-order valence-electron chi connectivity index (χ4n) is 2.88. The molecule has 2 aromatic rings. The Balaban J connectivity index is 1.42. The monoisotopic (exact) mass is 369 g/mol. The largest absolute Gasteiger partial charge is 0.469 e. The molecule has 6 nitrogen and oxygen atoms in total. The predicted molar refractivity (Wildman–Crippen MR) is 104 cm³/mol. The highest BCUT2D eigenvalue weighted by Gasteiger charge is 2.29. The third-order valence-electron chi connectivity index (χ3n) is 4.76. The zero-order valence-corrected chi connectivity index (χ0v) is 15.8. The number of hydrogen-bond acceptors (Lipinski definition) is 3. The van der Waals surface area contributed by atoms with Crippen molar-refractivity contribution in [3.63, 3.8) is 0 Å². The van der Waals surface area contributed by atoms with E-state index in [9.17, 15) is 9.59 Å². The maximum atomic E-state index is 12.2. The maximum Gasteiger partial charge on any atom is 0.315 e. The second kappa shape index (κ2) is 8.75. The Morgan fingerprint density at radius 2 is 1.85 bits per heavy atom. The van der Waals surface area contributed by atoms with Gasteiger partial charge in [-0.1, -0.05) is 12.1 Å². The van der Waals surface area contributed by atoms with Crippen LogP contribution in [0, 0.1) is 5.92 Å². The van der Waals surface area contributed by atoms with Gasteiger partial charge in [0.15, 0.2) is 0 Å². The van der Waals surface area contributed by atoms with E-state index in [0.717, 1.165) is 42.7 Å². The molecule has 3 N–H and O–H groups in total. The van der Waals surface area contributed by atoms with Crippen LogP contribution in [0.2, 0.25) is 0 Å². The number of rotatable bonds is 8. The van der Waals surface area contributed by atoms with Crippen molar-refractivity contribution < 1.29 is 14.0 Å². The Labute approximate surface area is 159 Å². The van der Waals surface area contributed by atoms with Gasteiger partial charge >= 0.3 is 6.03 Å². The molecule has 1 aromatic heterocycles. The Kier molecular flexibility index (Phi) is 6.16. The smallest absolute Gasteiger partial charge is 0.315 e. The topological polar surface area (TPSA) is 83.4 Å². The third-order valence-corrected chi connectivity index (χ3v) is 4.76. The van der Waals surface area contributed by atoms with E-state index >= 15 is 0 Å². The highest BCUT2D eigenvalue weighted by molar-refractivity contribution is 5.94. The van der Waals surface area contributed by atoms with E-state index in [4.69, 9.17) is 4.42 Å². The summed E-state index contributed by atoms with van der Waals surface area (Å²) < 4.78 is 5.31. The minimum Gasteiger partial charge on any atom is -0.469 e. The van der Waals surface area contributed by atoms with Crippen LogP contribution < -0.4 is 16.0 Å². The number of nitrogens with one attached hydrogen (secondary N) is 3. The number of anilines is 1. The van der Waals surface area contributed by atoms with Crippen molar-refractivity contribution in [3.8, 4) is 0 Å². The van der Waals surface area contributed by atoms with Gasteiger partial charge in [-0.15, -0.1) is 0 Å². The second-order valence-corrected chi connectivity index (χ2v) is 7.24. The molecule has 6 heteroatoms. The molecule has 0 radical (unpaired) electrons. The van der Waals surface area contributed by atoms with Gasteiger partial charge < -0.3 is 20.4 Å². The van der Waals surface area contributed by atoms with Crippen LogP contribution >= 0.6 is 0 Å². The SMILES string of the molecule is C[C@H](CCc1ccco1)NC(=O)N[C@H](C)c1ccc(NC(=O)C2CC2)cc1. The van der Waals surface area contributed by atoms with Gasteiger partial charge in [-0.25, -0.2) is 4.79 Å². The van der Waals surface area contributed by atoms with Crippen molar-refractivity contribution in [2.45, 2.75) is 51.6 Å². The van der Waals surface area contributed by atoms with Crippen molar-refractivity contribution >= 4 is 17.6 Å². The third kappa shape index (κ3) is 5.88. The summed E-state index contributed by atoms with van der Waals surface area (Å²) >= 11 is 0. The van der Waals surface area contributed by atoms with Crippen LogP contribution in [-0.4, -0.2) is 18.0 Å². The summed E-state index contributed by atoms with van der Waals surface area (Å²) in [5.74, 6) is 1.20. The van der Waals surface area contributed by atoms with Crippen molar-refractivity contribution in [1.29, 1.82) is 0 Å². The Bertz CT molecular complexity index is 751. The van der Waals surface area contributed by atoms with E-state index in [0.29, 0.717) is 0 Å². The van der Waals surface area contributed by atoms with Crippen LogP contribution in [0.4, 0.5) is 10.5 Å². The average Bonchev–Trinajstić information content (AvgIpc) is 3.37. The van der Waals surface area contributed by atoms with Crippen LogP contribution in [0.25, 0.3) is 0 Å². The van der Waals surface area contributed by atoms with Gasteiger partial charge in [0.25, 0.3) is 0 Å². The number of furan rings is 1. The van der Waals surface area contributed by atoms with Gasteiger partial charge in [0.2, 0.25) is 5.91 Å². The van der Waals surface area contributed by atoms with E-state index in [-0.39, 0.29) is 29.9 Å². The standard InChI is InChI=1S/C21H27N3O3/c1-14(5-12-19-4-3-13-27-19)22-21(26)23-15(2)16-8-10-18(11-9-16)24-20(25)17-6-7-17/h3-4,8-11,13-15,17H,5-7,12H2,1-2H3,(H,24,25)(H2,22,23,26)/t14-,15-/m1/s1. The first-order valence-electron chi connectivity index (χ1n) is 9.51. The molecule has 0 spiro atoms. The van der Waals surface area contributed by atoms with Gasteiger partial charge in [-0.05, 0) is 62.9 Å². The quantitative estimate of drug-likeness (QED) is 0.657. The number of hydrogen-bond donors (Lipinski definition) is 3. The summed E-state index contributed by atoms with van der Waals surface area (Å²) in [4.78, 5) is 24.0. The lowest BCUT2D eigenvalue weighted by Gasteiger charge is -2.18. The molecule has 27 heavy (non-hydrogen) atoms. The van der Waals surface area contributed by atoms with E-state index in [1.807, 2.05) is 50.2 Å². The Morgan fingerprint density at radius 1 is 1.11 bits per heavy atom. The molecule has 0 saturated heterocycles. The molecule has 1 fully saturated rings. The van der Waals surface area contributed by atoms with E-state index in [1.54, 1.807) is 6.26 Å². The number of carbonyl (C=O) groups excluding carboxylic acids is 2. The minimum absolute atomic E-state index is 0.0438. The van der Waals surface area contributed by atoms with Crippen LogP contribution in [-0.2, 0) is 11.2 Å². The van der Waals surface area contributed by atoms with Crippen molar-refractivity contribution in [3.05, 3.63) is 54.0 Å². The summed E-state index contributed by atoms with van der Waals surface area (Å²) in [5.41, 5.74) is 1.77. The predicted octanol–water partition coefficient (Wildman–Crippen LogP) is 4.01. The number of amides is 3. The molecule has 0 bridgehead atoms. The number of benzene rings is 1. The molecule has 1 heterocycles. The molecule has 3 rings (SSSR count). The number of urea groups is 1. The number of aryl methyl sites for hydroxylation is 1. The van der Waals surface area contributed by atoms with Crippen molar-refractivity contribution in [2.75, 3.05) is 5.32 Å². The fourth-order valence-corrected chi connectivity index (χ4v) is 2.88. The van der Waals surface area contributed by atoms with Gasteiger partial charge in [-0.2, -0.15) is 0 Å². The maximum absolute atomic E-state index is 12.2. The van der Waals surface area contributed by atoms with E-state index < -0.39 is 0 Å². The molecular formula is C21H27N3O3. The Hall–Kier alpha value is -2.76. The van der Waals surface area contributed by atoms with Gasteiger partial charge in [-0.3, -0.25) is 4.79 Å². The molecule has 2 atom stereocenters. The average molecular weight is 369 g/mol. The molecule has 0 aliphatic heterocycles. The molecule has 1 aliphatic carbocycles. The normalized spacial score (nSPS) is 15.6. The van der Waals surface area contributed by atoms with Crippen LogP contribution in [0.15, 0.2) is 47.1 Å². The zero-order chi connectivity index (χ0) is 19.2. The van der Waals surface area contributed by atoms with Gasteiger partial charge in [0.05, 0.1) is 12.3 Å². The lowest BCUT2D eigenvalue weighted by Crippen LogP contribution is -2.41. The molecule has 3 amide bonds. The van der Waals surface area contributed by atoms with Crippen molar-refractivity contribution in [1.82, 2.24) is 10.6 Å².